The fourth-order valence-corrected chi connectivity index (χ4v) is 4.22. The number of aromatic nitrogens is 2. The lowest BCUT2D eigenvalue weighted by atomic mass is 9.97. The van der Waals surface area contributed by atoms with Gasteiger partial charge in [0.15, 0.2) is 4.77 Å². The third-order valence-corrected chi connectivity index (χ3v) is 5.88. The number of likely N-dealkylation sites (tertiary alicyclic amines) is 1. The van der Waals surface area contributed by atoms with Crippen LogP contribution in [0.15, 0.2) is 29.1 Å². The summed E-state index contributed by atoms with van der Waals surface area (Å²) in [5, 5.41) is 0.627. The first-order chi connectivity index (χ1) is 14.5. The number of rotatable bonds is 8. The van der Waals surface area contributed by atoms with Crippen molar-refractivity contribution in [1.29, 1.82) is 0 Å². The summed E-state index contributed by atoms with van der Waals surface area (Å²) >= 11 is 5.33. The molecule has 1 aliphatic rings. The number of nitrogens with one attached hydrogen (secondary N) is 1. The number of amides is 1. The predicted molar refractivity (Wildman–Crippen MR) is 118 cm³/mol. The van der Waals surface area contributed by atoms with Gasteiger partial charge in [0.1, 0.15) is 0 Å². The topological polar surface area (TPSA) is 84.4 Å². The van der Waals surface area contributed by atoms with E-state index in [9.17, 15) is 14.4 Å². The molecule has 8 heteroatoms. The van der Waals surface area contributed by atoms with Crippen LogP contribution in [0.3, 0.4) is 0 Å². The quantitative estimate of drug-likeness (QED) is 0.393. The number of piperidine rings is 1. The van der Waals surface area contributed by atoms with Gasteiger partial charge in [0.05, 0.1) is 23.4 Å². The largest absolute Gasteiger partial charge is 0.466 e. The van der Waals surface area contributed by atoms with E-state index in [1.165, 1.54) is 0 Å². The molecule has 3 rings (SSSR count). The number of ether oxygens (including phenoxy) is 1. The van der Waals surface area contributed by atoms with Crippen molar-refractivity contribution in [3.05, 3.63) is 39.4 Å². The van der Waals surface area contributed by atoms with Crippen LogP contribution in [0.2, 0.25) is 0 Å². The Labute approximate surface area is 181 Å². The van der Waals surface area contributed by atoms with Gasteiger partial charge in [0.2, 0.25) is 5.91 Å². The van der Waals surface area contributed by atoms with Crippen LogP contribution < -0.4 is 5.56 Å². The Morgan fingerprint density at radius 1 is 1.23 bits per heavy atom. The summed E-state index contributed by atoms with van der Waals surface area (Å²) < 4.78 is 7.11. The van der Waals surface area contributed by atoms with Gasteiger partial charge in [-0.2, -0.15) is 0 Å². The molecule has 0 aliphatic carbocycles. The summed E-state index contributed by atoms with van der Waals surface area (Å²) in [4.78, 5) is 42.0. The monoisotopic (exact) mass is 431 g/mol. The highest BCUT2D eigenvalue weighted by Crippen LogP contribution is 2.19. The SMILES string of the molecule is CCOC(=O)C1CCCN(C(=O)CCCCCn2c(=S)[nH]c3ccccc3c2=O)C1. The molecular weight excluding hydrogens is 402 g/mol. The van der Waals surface area contributed by atoms with E-state index < -0.39 is 0 Å². The molecule has 1 fully saturated rings. The number of carbonyl (C=O) groups excluding carboxylic acids is 2. The second kappa shape index (κ2) is 10.5. The molecule has 1 saturated heterocycles. The molecule has 7 nitrogen and oxygen atoms in total. The standard InChI is InChI=1S/C22H29N3O4S/c1-2-29-21(28)16-9-8-13-24(15-16)19(26)12-4-3-7-14-25-20(27)17-10-5-6-11-18(17)23-22(25)30/h5-6,10-11,16H,2-4,7-9,12-15H2,1H3,(H,23,30). The number of fused-ring (bicyclic) bond motifs is 1. The highest BCUT2D eigenvalue weighted by molar-refractivity contribution is 7.71. The fourth-order valence-electron chi connectivity index (χ4n) is 3.94. The summed E-state index contributed by atoms with van der Waals surface area (Å²) in [7, 11) is 0. The molecule has 162 valence electrons. The first-order valence-corrected chi connectivity index (χ1v) is 11.1. The zero-order valence-corrected chi connectivity index (χ0v) is 18.2. The van der Waals surface area contributed by atoms with Gasteiger partial charge >= 0.3 is 5.97 Å². The zero-order valence-electron chi connectivity index (χ0n) is 17.4. The Balaban J connectivity index is 1.46. The molecule has 1 aromatic heterocycles. The number of carbonyl (C=O) groups is 2. The van der Waals surface area contributed by atoms with E-state index in [0.717, 1.165) is 37.6 Å². The van der Waals surface area contributed by atoms with Gasteiger partial charge in [0.25, 0.3) is 5.56 Å². The van der Waals surface area contributed by atoms with Crippen molar-refractivity contribution in [2.45, 2.75) is 52.0 Å². The number of para-hydroxylation sites is 1. The normalized spacial score (nSPS) is 16.6. The van der Waals surface area contributed by atoms with E-state index in [2.05, 4.69) is 4.98 Å². The molecule has 2 aromatic rings. The number of unbranched alkanes of at least 4 members (excludes halogenated alkanes) is 2. The van der Waals surface area contributed by atoms with Gasteiger partial charge in [-0.05, 0) is 57.0 Å². The summed E-state index contributed by atoms with van der Waals surface area (Å²) in [6.07, 6.45) is 4.42. The van der Waals surface area contributed by atoms with Crippen molar-refractivity contribution in [3.8, 4) is 0 Å². The molecule has 1 aliphatic heterocycles. The third kappa shape index (κ3) is 5.36. The van der Waals surface area contributed by atoms with Crippen molar-refractivity contribution in [2.24, 2.45) is 5.92 Å². The van der Waals surface area contributed by atoms with Gasteiger partial charge in [-0.25, -0.2) is 0 Å². The highest BCUT2D eigenvalue weighted by atomic mass is 32.1. The molecular formula is C22H29N3O4S. The second-order valence-corrected chi connectivity index (χ2v) is 8.06. The smallest absolute Gasteiger partial charge is 0.310 e. The molecule has 0 bridgehead atoms. The molecule has 2 heterocycles. The number of aromatic amines is 1. The van der Waals surface area contributed by atoms with E-state index in [4.69, 9.17) is 17.0 Å². The first kappa shape index (κ1) is 22.2. The summed E-state index contributed by atoms with van der Waals surface area (Å²) in [5.41, 5.74) is 0.667. The first-order valence-electron chi connectivity index (χ1n) is 10.7. The van der Waals surface area contributed by atoms with Crippen molar-refractivity contribution in [2.75, 3.05) is 19.7 Å². The molecule has 30 heavy (non-hydrogen) atoms. The minimum atomic E-state index is -0.204. The average molecular weight is 432 g/mol. The Morgan fingerprint density at radius 3 is 2.83 bits per heavy atom. The molecule has 1 unspecified atom stereocenters. The van der Waals surface area contributed by atoms with Crippen molar-refractivity contribution < 1.29 is 14.3 Å². The van der Waals surface area contributed by atoms with Gasteiger partial charge in [-0.3, -0.25) is 19.0 Å². The number of nitrogens with zero attached hydrogens (tertiary/aromatic N) is 2. The summed E-state index contributed by atoms with van der Waals surface area (Å²) in [6, 6.07) is 7.34. The second-order valence-electron chi connectivity index (χ2n) is 7.67. The van der Waals surface area contributed by atoms with Crippen LogP contribution in [-0.2, 0) is 20.9 Å². The van der Waals surface area contributed by atoms with Crippen LogP contribution in [0, 0.1) is 10.7 Å². The Hall–Kier alpha value is -2.48. The molecule has 0 spiro atoms. The third-order valence-electron chi connectivity index (χ3n) is 5.56. The van der Waals surface area contributed by atoms with Crippen LogP contribution in [0.5, 0.6) is 0 Å². The van der Waals surface area contributed by atoms with E-state index in [1.54, 1.807) is 22.5 Å². The number of H-pyrrole nitrogens is 1. The highest BCUT2D eigenvalue weighted by Gasteiger charge is 2.28. The number of benzene rings is 1. The Morgan fingerprint density at radius 2 is 2.03 bits per heavy atom. The lowest BCUT2D eigenvalue weighted by Crippen LogP contribution is -2.42. The van der Waals surface area contributed by atoms with Gasteiger partial charge < -0.3 is 14.6 Å². The van der Waals surface area contributed by atoms with Gasteiger partial charge in [-0.1, -0.05) is 18.6 Å². The van der Waals surface area contributed by atoms with Crippen LogP contribution in [-0.4, -0.2) is 46.0 Å². The summed E-state index contributed by atoms with van der Waals surface area (Å²) in [6.45, 7) is 3.85. The molecule has 1 N–H and O–H groups in total. The van der Waals surface area contributed by atoms with E-state index >= 15 is 0 Å². The van der Waals surface area contributed by atoms with Crippen LogP contribution >= 0.6 is 12.2 Å². The van der Waals surface area contributed by atoms with Gasteiger partial charge in [-0.15, -0.1) is 0 Å². The Kier molecular flexibility index (Phi) is 7.79. The number of hydrogen-bond donors (Lipinski definition) is 1. The van der Waals surface area contributed by atoms with Crippen LogP contribution in [0.1, 0.15) is 45.4 Å². The maximum absolute atomic E-state index is 12.6. The van der Waals surface area contributed by atoms with E-state index in [1.807, 2.05) is 18.2 Å². The zero-order chi connectivity index (χ0) is 21.5. The number of esters is 1. The molecule has 1 atom stereocenters. The van der Waals surface area contributed by atoms with Crippen LogP contribution in [0.25, 0.3) is 10.9 Å². The molecule has 1 amide bonds. The lowest BCUT2D eigenvalue weighted by molar-refractivity contribution is -0.151. The van der Waals surface area contributed by atoms with Crippen LogP contribution in [0.4, 0.5) is 0 Å². The minimum absolute atomic E-state index is 0.0799. The lowest BCUT2D eigenvalue weighted by Gasteiger charge is -2.31. The molecule has 0 saturated carbocycles. The molecule has 1 aromatic carbocycles. The maximum atomic E-state index is 12.6. The van der Waals surface area contributed by atoms with E-state index in [-0.39, 0.29) is 23.4 Å². The summed E-state index contributed by atoms with van der Waals surface area (Å²) in [5.74, 6) is -0.319. The minimum Gasteiger partial charge on any atom is -0.466 e. The van der Waals surface area contributed by atoms with E-state index in [0.29, 0.717) is 42.8 Å². The Bertz CT molecular complexity index is 1010. The van der Waals surface area contributed by atoms with Crippen molar-refractivity contribution >= 4 is 35.0 Å². The molecule has 0 radical (unpaired) electrons. The van der Waals surface area contributed by atoms with Crippen molar-refractivity contribution in [1.82, 2.24) is 14.5 Å². The maximum Gasteiger partial charge on any atom is 0.310 e. The van der Waals surface area contributed by atoms with Gasteiger partial charge in [0, 0.05) is 26.1 Å². The fraction of sp³-hybridized carbons (Fsp3) is 0.545. The predicted octanol–water partition coefficient (Wildman–Crippen LogP) is 3.42. The number of hydrogen-bond acceptors (Lipinski definition) is 5. The van der Waals surface area contributed by atoms with Crippen molar-refractivity contribution in [3.63, 3.8) is 0 Å². The average Bonchev–Trinajstić information content (AvgIpc) is 2.75.